The maximum absolute atomic E-state index is 2.48. The number of hydrogen-bond acceptors (Lipinski definition) is 0. The first-order chi connectivity index (χ1) is 7.45. The maximum atomic E-state index is 2.48. The van der Waals surface area contributed by atoms with Crippen LogP contribution in [0.2, 0.25) is 0 Å². The van der Waals surface area contributed by atoms with Crippen LogP contribution in [0.4, 0.5) is 0 Å². The molecule has 2 bridgehead atoms. The molecule has 0 amide bonds. The second-order valence-electron chi connectivity index (χ2n) is 5.18. The lowest BCUT2D eigenvalue weighted by molar-refractivity contribution is 0.407. The van der Waals surface area contributed by atoms with Crippen LogP contribution < -0.4 is 0 Å². The second-order valence-corrected chi connectivity index (χ2v) is 5.18. The van der Waals surface area contributed by atoms with Crippen molar-refractivity contribution < 1.29 is 0 Å². The van der Waals surface area contributed by atoms with Gasteiger partial charge >= 0.3 is 0 Å². The molecule has 0 heteroatoms. The predicted octanol–water partition coefficient (Wildman–Crippen LogP) is 4.87. The Hall–Kier alpha value is -0.520. The summed E-state index contributed by atoms with van der Waals surface area (Å²) in [5, 5.41) is 0. The van der Waals surface area contributed by atoms with E-state index in [0.717, 1.165) is 18.3 Å². The molecule has 0 atom stereocenters. The molecule has 1 fully saturated rings. The molecule has 0 aliphatic heterocycles. The lowest BCUT2D eigenvalue weighted by atomic mass is 9.88. The van der Waals surface area contributed by atoms with Crippen molar-refractivity contribution in [3.63, 3.8) is 0 Å². The third-order valence-electron chi connectivity index (χ3n) is 3.89. The van der Waals surface area contributed by atoms with Gasteiger partial charge in [0, 0.05) is 0 Å². The second kappa shape index (κ2) is 6.15. The Bertz CT molecular complexity index is 188. The van der Waals surface area contributed by atoms with Crippen molar-refractivity contribution in [2.24, 2.45) is 11.8 Å². The highest BCUT2D eigenvalue weighted by Crippen LogP contribution is 2.26. The molecule has 3 aliphatic carbocycles. The van der Waals surface area contributed by atoms with E-state index in [9.17, 15) is 0 Å². The first kappa shape index (κ1) is 11.0. The zero-order valence-corrected chi connectivity index (χ0v) is 9.83. The third kappa shape index (κ3) is 3.85. The molecule has 0 spiro atoms. The van der Waals surface area contributed by atoms with Crippen molar-refractivity contribution >= 4 is 0 Å². The van der Waals surface area contributed by atoms with Crippen molar-refractivity contribution in [3.8, 4) is 0 Å². The van der Waals surface area contributed by atoms with Gasteiger partial charge in [0.05, 0.1) is 0 Å². The van der Waals surface area contributed by atoms with Gasteiger partial charge in [0.2, 0.25) is 0 Å². The molecule has 3 rings (SSSR count). The van der Waals surface area contributed by atoms with E-state index in [1.165, 1.54) is 51.4 Å². The summed E-state index contributed by atoms with van der Waals surface area (Å²) in [6.07, 6.45) is 22.4. The van der Waals surface area contributed by atoms with Gasteiger partial charge in [0.15, 0.2) is 0 Å². The first-order valence-electron chi connectivity index (χ1n) is 6.78. The molecule has 0 aromatic heterocycles. The zero-order valence-electron chi connectivity index (χ0n) is 9.83. The fourth-order valence-corrected chi connectivity index (χ4v) is 2.92. The van der Waals surface area contributed by atoms with Gasteiger partial charge in [-0.3, -0.25) is 0 Å². The van der Waals surface area contributed by atoms with Gasteiger partial charge in [-0.1, -0.05) is 50.0 Å². The van der Waals surface area contributed by atoms with E-state index in [1.54, 1.807) is 0 Å². The number of rotatable bonds is 0. The van der Waals surface area contributed by atoms with Crippen LogP contribution in [0.5, 0.6) is 0 Å². The third-order valence-corrected chi connectivity index (χ3v) is 3.89. The summed E-state index contributed by atoms with van der Waals surface area (Å²) < 4.78 is 0. The highest BCUT2D eigenvalue weighted by atomic mass is 14.2. The minimum atomic E-state index is 0.882. The Labute approximate surface area is 94.5 Å². The van der Waals surface area contributed by atoms with Gasteiger partial charge in [-0.2, -0.15) is 0 Å². The fourth-order valence-electron chi connectivity index (χ4n) is 2.92. The van der Waals surface area contributed by atoms with Crippen LogP contribution in [0.1, 0.15) is 57.8 Å². The molecule has 0 aromatic rings. The number of allylic oxidation sites excluding steroid dienone is 4. The zero-order chi connectivity index (χ0) is 10.3. The quantitative estimate of drug-likeness (QED) is 0.494. The minimum absolute atomic E-state index is 0.882. The summed E-state index contributed by atoms with van der Waals surface area (Å²) in [5.74, 6) is 1.76. The molecule has 0 nitrogen and oxygen atoms in total. The highest BCUT2D eigenvalue weighted by molar-refractivity contribution is 4.99. The predicted molar refractivity (Wildman–Crippen MR) is 66.8 cm³/mol. The Morgan fingerprint density at radius 1 is 0.600 bits per heavy atom. The SMILES string of the molecule is C1=C\C2CCCCC(/C=C\C/1)CCCC2. The Morgan fingerprint density at radius 3 is 1.40 bits per heavy atom. The lowest BCUT2D eigenvalue weighted by Crippen LogP contribution is -2.03. The number of hydrogen-bond donors (Lipinski definition) is 0. The summed E-state index contributed by atoms with van der Waals surface area (Å²) >= 11 is 0. The topological polar surface area (TPSA) is 0 Å². The van der Waals surface area contributed by atoms with E-state index in [2.05, 4.69) is 24.3 Å². The normalized spacial score (nSPS) is 37.3. The summed E-state index contributed by atoms with van der Waals surface area (Å²) in [4.78, 5) is 0. The summed E-state index contributed by atoms with van der Waals surface area (Å²) in [6.45, 7) is 0. The molecule has 1 saturated carbocycles. The van der Waals surface area contributed by atoms with E-state index in [-0.39, 0.29) is 0 Å². The van der Waals surface area contributed by atoms with E-state index in [1.807, 2.05) is 0 Å². The van der Waals surface area contributed by atoms with Crippen LogP contribution in [0.3, 0.4) is 0 Å². The van der Waals surface area contributed by atoms with Crippen LogP contribution in [-0.4, -0.2) is 0 Å². The molecule has 0 unspecified atom stereocenters. The molecular formula is C15H24. The summed E-state index contributed by atoms with van der Waals surface area (Å²) in [6, 6.07) is 0. The fraction of sp³-hybridized carbons (Fsp3) is 0.733. The first-order valence-corrected chi connectivity index (χ1v) is 6.78. The van der Waals surface area contributed by atoms with Crippen LogP contribution in [0.15, 0.2) is 24.3 Å². The number of fused-ring (bicyclic) bond motifs is 8. The molecule has 0 aromatic carbocycles. The van der Waals surface area contributed by atoms with E-state index in [4.69, 9.17) is 0 Å². The van der Waals surface area contributed by atoms with Gasteiger partial charge < -0.3 is 0 Å². The Balaban J connectivity index is 2.06. The Kier molecular flexibility index (Phi) is 4.50. The molecule has 84 valence electrons. The average molecular weight is 204 g/mol. The van der Waals surface area contributed by atoms with Crippen LogP contribution in [0, 0.1) is 11.8 Å². The maximum Gasteiger partial charge on any atom is -0.0169 e. The van der Waals surface area contributed by atoms with Gasteiger partial charge in [-0.15, -0.1) is 0 Å². The van der Waals surface area contributed by atoms with Crippen molar-refractivity contribution in [2.75, 3.05) is 0 Å². The largest absolute Gasteiger partial charge is 0.0851 e. The minimum Gasteiger partial charge on any atom is -0.0851 e. The Morgan fingerprint density at radius 2 is 1.00 bits per heavy atom. The van der Waals surface area contributed by atoms with Gasteiger partial charge in [-0.25, -0.2) is 0 Å². The monoisotopic (exact) mass is 204 g/mol. The van der Waals surface area contributed by atoms with Crippen molar-refractivity contribution in [3.05, 3.63) is 24.3 Å². The van der Waals surface area contributed by atoms with Crippen LogP contribution in [-0.2, 0) is 0 Å². The summed E-state index contributed by atoms with van der Waals surface area (Å²) in [7, 11) is 0. The molecular weight excluding hydrogens is 180 g/mol. The van der Waals surface area contributed by atoms with E-state index in [0.29, 0.717) is 0 Å². The van der Waals surface area contributed by atoms with Crippen molar-refractivity contribution in [1.29, 1.82) is 0 Å². The van der Waals surface area contributed by atoms with Gasteiger partial charge in [-0.05, 0) is 43.9 Å². The van der Waals surface area contributed by atoms with Crippen LogP contribution >= 0.6 is 0 Å². The molecule has 0 heterocycles. The van der Waals surface area contributed by atoms with E-state index >= 15 is 0 Å². The van der Waals surface area contributed by atoms with E-state index < -0.39 is 0 Å². The average Bonchev–Trinajstić information content (AvgIpc) is 2.34. The molecule has 0 radical (unpaired) electrons. The van der Waals surface area contributed by atoms with Crippen LogP contribution in [0.25, 0.3) is 0 Å². The van der Waals surface area contributed by atoms with Crippen molar-refractivity contribution in [1.82, 2.24) is 0 Å². The molecule has 0 saturated heterocycles. The van der Waals surface area contributed by atoms with Gasteiger partial charge in [0.1, 0.15) is 0 Å². The smallest absolute Gasteiger partial charge is 0.0169 e. The van der Waals surface area contributed by atoms with Gasteiger partial charge in [0.25, 0.3) is 0 Å². The van der Waals surface area contributed by atoms with Crippen molar-refractivity contribution in [2.45, 2.75) is 57.8 Å². The molecule has 0 N–H and O–H groups in total. The molecule has 3 aliphatic rings. The molecule has 15 heavy (non-hydrogen) atoms. The highest BCUT2D eigenvalue weighted by Gasteiger charge is 2.11. The summed E-state index contributed by atoms with van der Waals surface area (Å²) in [5.41, 5.74) is 0. The standard InChI is InChI=1S/C15H24/c1-2-8-14-10-4-6-12-15(9-3-1)13-7-5-11-14/h2-3,8-9,14-15H,1,4-7,10-13H2/b8-2-,9-3-. The lowest BCUT2D eigenvalue weighted by Gasteiger charge is -2.18.